The van der Waals surface area contributed by atoms with Crippen LogP contribution in [0.15, 0.2) is 0 Å². The Hall–Kier alpha value is -0.240. The van der Waals surface area contributed by atoms with E-state index in [-0.39, 0.29) is 6.54 Å². The molecule has 7 N–H and O–H groups in total. The largest absolute Gasteiger partial charge is 0.394 e. The molecule has 6 heteroatoms. The van der Waals surface area contributed by atoms with Crippen molar-refractivity contribution in [3.8, 4) is 0 Å². The summed E-state index contributed by atoms with van der Waals surface area (Å²) >= 11 is 0. The van der Waals surface area contributed by atoms with Gasteiger partial charge in [-0.2, -0.15) is 0 Å². The highest BCUT2D eigenvalue weighted by Gasteiger charge is 2.28. The van der Waals surface area contributed by atoms with E-state index in [1.165, 1.54) is 0 Å². The third kappa shape index (κ3) is 3.02. The van der Waals surface area contributed by atoms with Crippen molar-refractivity contribution >= 4 is 0 Å². The zero-order valence-electron chi connectivity index (χ0n) is 6.54. The normalized spacial score (nSPS) is 21.5. The zero-order valence-corrected chi connectivity index (χ0v) is 6.54. The van der Waals surface area contributed by atoms with E-state index in [0.29, 0.717) is 0 Å². The lowest BCUT2D eigenvalue weighted by atomic mass is 10.0. The molecule has 6 nitrogen and oxygen atoms in total. The van der Waals surface area contributed by atoms with Crippen molar-refractivity contribution in [3.63, 3.8) is 0 Å². The van der Waals surface area contributed by atoms with Gasteiger partial charge < -0.3 is 31.3 Å². The summed E-state index contributed by atoms with van der Waals surface area (Å²) in [7, 11) is 0. The fourth-order valence-corrected chi connectivity index (χ4v) is 0.703. The summed E-state index contributed by atoms with van der Waals surface area (Å²) in [6, 6.07) is 0. The van der Waals surface area contributed by atoms with Crippen molar-refractivity contribution in [1.29, 1.82) is 0 Å². The van der Waals surface area contributed by atoms with Gasteiger partial charge in [0.05, 0.1) is 12.7 Å². The third-order valence-corrected chi connectivity index (χ3v) is 1.57. The molecule has 0 aliphatic rings. The predicted molar refractivity (Wildman–Crippen MR) is 40.2 cm³/mol. The molecule has 0 spiro atoms. The molecule has 0 radical (unpaired) electrons. The number of hydrogen-bond donors (Lipinski definition) is 6. The molecule has 0 aromatic rings. The van der Waals surface area contributed by atoms with E-state index >= 15 is 0 Å². The number of hydrogen-bond acceptors (Lipinski definition) is 6. The molecule has 12 heavy (non-hydrogen) atoms. The Kier molecular flexibility index (Phi) is 5.31. The first-order chi connectivity index (χ1) is 5.54. The van der Waals surface area contributed by atoms with Crippen LogP contribution in [0.2, 0.25) is 0 Å². The SMILES string of the molecule is NC[C@H](O)[C@H](O)[C@@H](O)[C@H](O)CO. The highest BCUT2D eigenvalue weighted by Crippen LogP contribution is 2.03. The van der Waals surface area contributed by atoms with Crippen LogP contribution < -0.4 is 5.73 Å². The van der Waals surface area contributed by atoms with E-state index in [0.717, 1.165) is 0 Å². The van der Waals surface area contributed by atoms with Crippen molar-refractivity contribution in [3.05, 3.63) is 0 Å². The summed E-state index contributed by atoms with van der Waals surface area (Å²) in [6.07, 6.45) is -5.91. The second-order valence-corrected chi connectivity index (χ2v) is 2.53. The van der Waals surface area contributed by atoms with Gasteiger partial charge in [0.25, 0.3) is 0 Å². The molecular formula is C6H15NO5. The van der Waals surface area contributed by atoms with Gasteiger partial charge >= 0.3 is 0 Å². The van der Waals surface area contributed by atoms with Crippen LogP contribution in [-0.2, 0) is 0 Å². The van der Waals surface area contributed by atoms with Crippen LogP contribution in [0.4, 0.5) is 0 Å². The van der Waals surface area contributed by atoms with Crippen molar-refractivity contribution in [2.24, 2.45) is 5.73 Å². The van der Waals surface area contributed by atoms with Gasteiger partial charge in [0.1, 0.15) is 18.3 Å². The molecule has 0 heterocycles. The highest BCUT2D eigenvalue weighted by molar-refractivity contribution is 4.80. The summed E-state index contributed by atoms with van der Waals surface area (Å²) in [4.78, 5) is 0. The van der Waals surface area contributed by atoms with Crippen LogP contribution in [0.3, 0.4) is 0 Å². The van der Waals surface area contributed by atoms with Gasteiger partial charge in [0.15, 0.2) is 0 Å². The van der Waals surface area contributed by atoms with E-state index in [1.807, 2.05) is 0 Å². The Bertz CT molecular complexity index is 109. The summed E-state index contributed by atoms with van der Waals surface area (Å²) in [5, 5.41) is 44.2. The van der Waals surface area contributed by atoms with E-state index < -0.39 is 31.0 Å². The fourth-order valence-electron chi connectivity index (χ4n) is 0.703. The predicted octanol–water partition coefficient (Wildman–Crippen LogP) is -3.62. The third-order valence-electron chi connectivity index (χ3n) is 1.57. The number of nitrogens with two attached hydrogens (primary N) is 1. The van der Waals surface area contributed by atoms with Gasteiger partial charge in [-0.25, -0.2) is 0 Å². The lowest BCUT2D eigenvalue weighted by Crippen LogP contribution is -2.48. The lowest BCUT2D eigenvalue weighted by Gasteiger charge is -2.24. The second-order valence-electron chi connectivity index (χ2n) is 2.53. The smallest absolute Gasteiger partial charge is 0.111 e. The molecule has 4 atom stereocenters. The fraction of sp³-hybridized carbons (Fsp3) is 1.00. The minimum Gasteiger partial charge on any atom is -0.394 e. The summed E-state index contributed by atoms with van der Waals surface area (Å²) < 4.78 is 0. The van der Waals surface area contributed by atoms with Crippen molar-refractivity contribution < 1.29 is 25.5 Å². The standard InChI is InChI=1S/C6H15NO5/c7-1-3(9)5(11)6(12)4(10)2-8/h3-6,8-12H,1-2,7H2/t3-,4+,5-,6-/m0/s1. The van der Waals surface area contributed by atoms with Crippen molar-refractivity contribution in [1.82, 2.24) is 0 Å². The minimum absolute atomic E-state index is 0.226. The van der Waals surface area contributed by atoms with E-state index in [4.69, 9.17) is 31.3 Å². The van der Waals surface area contributed by atoms with Crippen LogP contribution in [0.1, 0.15) is 0 Å². The quantitative estimate of drug-likeness (QED) is 0.260. The molecule has 0 fully saturated rings. The van der Waals surface area contributed by atoms with Gasteiger partial charge in [-0.15, -0.1) is 0 Å². The molecule has 0 aliphatic heterocycles. The van der Waals surface area contributed by atoms with Crippen molar-refractivity contribution in [2.75, 3.05) is 13.2 Å². The molecule has 74 valence electrons. The van der Waals surface area contributed by atoms with Crippen molar-refractivity contribution in [2.45, 2.75) is 24.4 Å². The zero-order chi connectivity index (χ0) is 9.72. The first-order valence-electron chi connectivity index (χ1n) is 3.57. The average Bonchev–Trinajstić information content (AvgIpc) is 2.12. The maximum Gasteiger partial charge on any atom is 0.111 e. The molecule has 0 bridgehead atoms. The Labute approximate surface area is 69.9 Å². The summed E-state index contributed by atoms with van der Waals surface area (Å²) in [5.41, 5.74) is 4.99. The molecular weight excluding hydrogens is 166 g/mol. The molecule has 0 saturated carbocycles. The molecule has 0 aromatic carbocycles. The van der Waals surface area contributed by atoms with E-state index in [9.17, 15) is 0 Å². The molecule has 0 saturated heterocycles. The molecule has 0 aliphatic carbocycles. The van der Waals surface area contributed by atoms with Crippen LogP contribution in [0.5, 0.6) is 0 Å². The molecule has 0 amide bonds. The van der Waals surface area contributed by atoms with Crippen LogP contribution in [0, 0.1) is 0 Å². The Morgan fingerprint density at radius 2 is 1.33 bits per heavy atom. The van der Waals surface area contributed by atoms with Gasteiger partial charge in [-0.1, -0.05) is 0 Å². The van der Waals surface area contributed by atoms with Gasteiger partial charge in [-0.3, -0.25) is 0 Å². The second kappa shape index (κ2) is 5.41. The van der Waals surface area contributed by atoms with Crippen LogP contribution in [0.25, 0.3) is 0 Å². The Morgan fingerprint density at radius 3 is 1.67 bits per heavy atom. The molecule has 0 aromatic heterocycles. The molecule has 0 unspecified atom stereocenters. The lowest BCUT2D eigenvalue weighted by molar-refractivity contribution is -0.112. The summed E-state index contributed by atoms with van der Waals surface area (Å²) in [6.45, 7) is -0.911. The van der Waals surface area contributed by atoms with Crippen LogP contribution >= 0.6 is 0 Å². The highest BCUT2D eigenvalue weighted by atomic mass is 16.4. The maximum absolute atomic E-state index is 9.04. The van der Waals surface area contributed by atoms with Crippen LogP contribution in [-0.4, -0.2) is 63.1 Å². The Morgan fingerprint density at radius 1 is 0.917 bits per heavy atom. The average molecular weight is 181 g/mol. The van der Waals surface area contributed by atoms with E-state index in [2.05, 4.69) is 0 Å². The topological polar surface area (TPSA) is 127 Å². The monoisotopic (exact) mass is 181 g/mol. The first kappa shape index (κ1) is 11.8. The number of aliphatic hydroxyl groups is 5. The minimum atomic E-state index is -1.59. The summed E-state index contributed by atoms with van der Waals surface area (Å²) in [5.74, 6) is 0. The van der Waals surface area contributed by atoms with Gasteiger partial charge in [0, 0.05) is 6.54 Å². The number of rotatable bonds is 5. The van der Waals surface area contributed by atoms with Gasteiger partial charge in [0.2, 0.25) is 0 Å². The molecule has 0 rings (SSSR count). The van der Waals surface area contributed by atoms with E-state index in [1.54, 1.807) is 0 Å². The maximum atomic E-state index is 9.04. The Balaban J connectivity index is 3.99. The number of aliphatic hydroxyl groups excluding tert-OH is 5. The first-order valence-corrected chi connectivity index (χ1v) is 3.57. The van der Waals surface area contributed by atoms with Gasteiger partial charge in [-0.05, 0) is 0 Å².